The molecule has 0 aliphatic carbocycles. The van der Waals surface area contributed by atoms with Crippen molar-refractivity contribution in [1.82, 2.24) is 4.98 Å². The molecule has 20 heavy (non-hydrogen) atoms. The Hall–Kier alpha value is -1.80. The molecule has 0 fully saturated rings. The molecule has 0 aromatic carbocycles. The molecule has 0 atom stereocenters. The van der Waals surface area contributed by atoms with Gasteiger partial charge in [0.05, 0.1) is 24.3 Å². The Morgan fingerprint density at radius 3 is 2.45 bits per heavy atom. The summed E-state index contributed by atoms with van der Waals surface area (Å²) in [5, 5.41) is 0. The summed E-state index contributed by atoms with van der Waals surface area (Å²) in [6.07, 6.45) is -9.43. The van der Waals surface area contributed by atoms with Crippen molar-refractivity contribution in [2.24, 2.45) is 0 Å². The van der Waals surface area contributed by atoms with E-state index in [2.05, 4.69) is 9.72 Å². The molecule has 0 amide bonds. The Kier molecular flexibility index (Phi) is 4.96. The molecule has 1 aromatic heterocycles. The predicted octanol–water partition coefficient (Wildman–Crippen LogP) is 3.28. The van der Waals surface area contributed by atoms with Crippen molar-refractivity contribution < 1.29 is 35.9 Å². The van der Waals surface area contributed by atoms with Gasteiger partial charge in [0.1, 0.15) is 11.4 Å². The van der Waals surface area contributed by atoms with Crippen LogP contribution in [0.3, 0.4) is 0 Å². The van der Waals surface area contributed by atoms with Gasteiger partial charge in [-0.25, -0.2) is 13.2 Å². The number of halogens is 6. The van der Waals surface area contributed by atoms with Crippen molar-refractivity contribution in [3.63, 3.8) is 0 Å². The van der Waals surface area contributed by atoms with Crippen molar-refractivity contribution in [2.75, 3.05) is 6.61 Å². The largest absolute Gasteiger partial charge is 0.466 e. The third-order valence-corrected chi connectivity index (χ3v) is 2.27. The lowest BCUT2D eigenvalue weighted by Gasteiger charge is -2.13. The molecule has 9 heteroatoms. The van der Waals surface area contributed by atoms with Crippen molar-refractivity contribution in [3.8, 4) is 0 Å². The first-order valence-corrected chi connectivity index (χ1v) is 5.36. The summed E-state index contributed by atoms with van der Waals surface area (Å²) in [5.74, 6) is -3.11. The van der Waals surface area contributed by atoms with Gasteiger partial charge in [-0.15, -0.1) is 0 Å². The topological polar surface area (TPSA) is 39.2 Å². The number of nitrogens with zero attached hydrogens (tertiary/aromatic N) is 1. The van der Waals surface area contributed by atoms with Crippen LogP contribution in [0, 0.1) is 5.82 Å². The van der Waals surface area contributed by atoms with E-state index in [0.29, 0.717) is 0 Å². The first-order chi connectivity index (χ1) is 9.18. The Balaban J connectivity index is 3.27. The zero-order chi connectivity index (χ0) is 15.5. The number of rotatable bonds is 4. The summed E-state index contributed by atoms with van der Waals surface area (Å²) in [6.45, 7) is 1.40. The normalized spacial score (nSPS) is 11.8. The standard InChI is InChI=1S/C11H9F6NO2/c1-2-20-7(19)3-6-8(10(13)14)9(12)5(4-18-6)11(15,16)17/h4,10H,2-3H2,1H3. The van der Waals surface area contributed by atoms with Gasteiger partial charge in [-0.1, -0.05) is 0 Å². The molecular weight excluding hydrogens is 292 g/mol. The van der Waals surface area contributed by atoms with E-state index in [9.17, 15) is 31.1 Å². The molecule has 1 heterocycles. The number of ether oxygens (including phenoxy) is 1. The Morgan fingerprint density at radius 1 is 1.40 bits per heavy atom. The number of esters is 1. The van der Waals surface area contributed by atoms with E-state index in [4.69, 9.17) is 0 Å². The first kappa shape index (κ1) is 16.3. The molecule has 0 bridgehead atoms. The lowest BCUT2D eigenvalue weighted by atomic mass is 10.1. The fourth-order valence-corrected chi connectivity index (χ4v) is 1.45. The van der Waals surface area contributed by atoms with E-state index in [0.717, 1.165) is 0 Å². The van der Waals surface area contributed by atoms with Crippen LogP contribution in [-0.2, 0) is 22.1 Å². The van der Waals surface area contributed by atoms with Crippen LogP contribution in [0.2, 0.25) is 0 Å². The van der Waals surface area contributed by atoms with Crippen LogP contribution in [0.5, 0.6) is 0 Å². The second kappa shape index (κ2) is 6.10. The van der Waals surface area contributed by atoms with E-state index in [1.165, 1.54) is 6.92 Å². The zero-order valence-electron chi connectivity index (χ0n) is 10.1. The Labute approximate surface area is 109 Å². The smallest absolute Gasteiger partial charge is 0.420 e. The monoisotopic (exact) mass is 301 g/mol. The van der Waals surface area contributed by atoms with E-state index in [-0.39, 0.29) is 12.8 Å². The van der Waals surface area contributed by atoms with E-state index in [1.807, 2.05) is 0 Å². The van der Waals surface area contributed by atoms with Gasteiger partial charge >= 0.3 is 12.1 Å². The fraction of sp³-hybridized carbons (Fsp3) is 0.455. The lowest BCUT2D eigenvalue weighted by molar-refractivity contribution is -0.142. The van der Waals surface area contributed by atoms with Crippen LogP contribution in [-0.4, -0.2) is 17.6 Å². The van der Waals surface area contributed by atoms with Gasteiger partial charge in [-0.2, -0.15) is 13.2 Å². The molecule has 112 valence electrons. The highest BCUT2D eigenvalue weighted by Gasteiger charge is 2.38. The lowest BCUT2D eigenvalue weighted by Crippen LogP contribution is -2.17. The van der Waals surface area contributed by atoms with E-state index in [1.54, 1.807) is 0 Å². The highest BCUT2D eigenvalue weighted by atomic mass is 19.4. The molecule has 0 aliphatic heterocycles. The summed E-state index contributed by atoms with van der Waals surface area (Å²) in [7, 11) is 0. The van der Waals surface area contributed by atoms with Crippen LogP contribution in [0.1, 0.15) is 30.2 Å². The minimum Gasteiger partial charge on any atom is -0.466 e. The van der Waals surface area contributed by atoms with Gasteiger partial charge in [0.2, 0.25) is 0 Å². The summed E-state index contributed by atoms with van der Waals surface area (Å²) in [6, 6.07) is 0. The third-order valence-electron chi connectivity index (χ3n) is 2.27. The average Bonchev–Trinajstić information content (AvgIpc) is 2.26. The molecule has 0 spiro atoms. The molecular formula is C11H9F6NO2. The predicted molar refractivity (Wildman–Crippen MR) is 54.5 cm³/mol. The molecule has 0 aliphatic rings. The number of aromatic nitrogens is 1. The molecule has 0 saturated heterocycles. The van der Waals surface area contributed by atoms with Crippen LogP contribution in [0.15, 0.2) is 6.20 Å². The van der Waals surface area contributed by atoms with Crippen LogP contribution >= 0.6 is 0 Å². The number of carbonyl (C=O) groups excluding carboxylic acids is 1. The third kappa shape index (κ3) is 3.61. The minimum atomic E-state index is -5.15. The summed E-state index contributed by atoms with van der Waals surface area (Å²) >= 11 is 0. The second-order valence-electron chi connectivity index (χ2n) is 3.63. The quantitative estimate of drug-likeness (QED) is 0.633. The van der Waals surface area contributed by atoms with E-state index < -0.39 is 47.6 Å². The Bertz CT molecular complexity index is 500. The van der Waals surface area contributed by atoms with Gasteiger partial charge in [0.15, 0.2) is 0 Å². The van der Waals surface area contributed by atoms with Gasteiger partial charge < -0.3 is 4.74 Å². The molecule has 1 aromatic rings. The summed E-state index contributed by atoms with van der Waals surface area (Å²) < 4.78 is 80.5. The summed E-state index contributed by atoms with van der Waals surface area (Å²) in [4.78, 5) is 14.2. The van der Waals surface area contributed by atoms with Crippen LogP contribution < -0.4 is 0 Å². The van der Waals surface area contributed by atoms with Gasteiger partial charge in [-0.05, 0) is 6.92 Å². The number of alkyl halides is 5. The van der Waals surface area contributed by atoms with Crippen LogP contribution in [0.25, 0.3) is 0 Å². The average molecular weight is 301 g/mol. The van der Waals surface area contributed by atoms with Gasteiger partial charge in [-0.3, -0.25) is 9.78 Å². The number of hydrogen-bond donors (Lipinski definition) is 0. The number of pyridine rings is 1. The first-order valence-electron chi connectivity index (χ1n) is 5.36. The van der Waals surface area contributed by atoms with E-state index >= 15 is 0 Å². The van der Waals surface area contributed by atoms with Crippen molar-refractivity contribution in [2.45, 2.75) is 25.9 Å². The molecule has 0 unspecified atom stereocenters. The zero-order valence-corrected chi connectivity index (χ0v) is 10.1. The van der Waals surface area contributed by atoms with Gasteiger partial charge in [0, 0.05) is 6.20 Å². The highest BCUT2D eigenvalue weighted by molar-refractivity contribution is 5.72. The second-order valence-corrected chi connectivity index (χ2v) is 3.63. The number of carbonyl (C=O) groups is 1. The van der Waals surface area contributed by atoms with Crippen molar-refractivity contribution in [3.05, 3.63) is 28.8 Å². The summed E-state index contributed by atoms with van der Waals surface area (Å²) in [5.41, 5.74) is -4.21. The molecule has 0 radical (unpaired) electrons. The van der Waals surface area contributed by atoms with Crippen molar-refractivity contribution >= 4 is 5.97 Å². The molecule has 0 saturated carbocycles. The maximum Gasteiger partial charge on any atom is 0.420 e. The number of hydrogen-bond acceptors (Lipinski definition) is 3. The highest BCUT2D eigenvalue weighted by Crippen LogP contribution is 2.35. The maximum atomic E-state index is 13.5. The van der Waals surface area contributed by atoms with Crippen LogP contribution in [0.4, 0.5) is 26.3 Å². The molecule has 1 rings (SSSR count). The molecule has 3 nitrogen and oxygen atoms in total. The fourth-order valence-electron chi connectivity index (χ4n) is 1.45. The SMILES string of the molecule is CCOC(=O)Cc1ncc(C(F)(F)F)c(F)c1C(F)F. The molecule has 0 N–H and O–H groups in total. The maximum absolute atomic E-state index is 13.5. The van der Waals surface area contributed by atoms with Gasteiger partial charge in [0.25, 0.3) is 6.43 Å². The minimum absolute atomic E-state index is 0.0496. The van der Waals surface area contributed by atoms with Crippen molar-refractivity contribution in [1.29, 1.82) is 0 Å². The Morgan fingerprint density at radius 2 is 2.00 bits per heavy atom.